The van der Waals surface area contributed by atoms with Gasteiger partial charge in [-0.1, -0.05) is 11.6 Å². The fourth-order valence-corrected chi connectivity index (χ4v) is 3.66. The molecule has 110 valence electrons. The molecular formula is C13H17BrN2O3S. The molecule has 7 heteroatoms. The highest BCUT2D eigenvalue weighted by molar-refractivity contribution is 9.10. The number of benzene rings is 1. The Hall–Kier alpha value is -0.920. The minimum atomic E-state index is -3.60. The molecule has 1 saturated heterocycles. The van der Waals surface area contributed by atoms with Crippen LogP contribution in [0.1, 0.15) is 28.8 Å². The second-order valence-corrected chi connectivity index (χ2v) is 7.79. The monoisotopic (exact) mass is 360 g/mol. The van der Waals surface area contributed by atoms with E-state index in [0.29, 0.717) is 29.4 Å². The summed E-state index contributed by atoms with van der Waals surface area (Å²) < 4.78 is 23.6. The Balaban J connectivity index is 2.23. The molecule has 2 N–H and O–H groups in total. The Morgan fingerprint density at radius 2 is 2.15 bits per heavy atom. The summed E-state index contributed by atoms with van der Waals surface area (Å²) in [6.07, 6.45) is 1.16. The molecule has 1 unspecified atom stereocenters. The number of aryl methyl sites for hydroxylation is 1. The van der Waals surface area contributed by atoms with Gasteiger partial charge in [-0.25, -0.2) is 13.6 Å². The molecule has 0 aromatic heterocycles. The van der Waals surface area contributed by atoms with Crippen molar-refractivity contribution in [2.45, 2.75) is 25.0 Å². The van der Waals surface area contributed by atoms with Gasteiger partial charge in [-0.3, -0.25) is 4.79 Å². The van der Waals surface area contributed by atoms with Gasteiger partial charge in [0.2, 0.25) is 10.0 Å². The average Bonchev–Trinajstić information content (AvgIpc) is 2.40. The summed E-state index contributed by atoms with van der Waals surface area (Å²) in [5.74, 6) is -0.158. The maximum atomic E-state index is 12.5. The first-order valence-corrected chi connectivity index (χ1v) is 8.76. The number of sulfonamides is 1. The molecule has 0 bridgehead atoms. The zero-order valence-electron chi connectivity index (χ0n) is 11.2. The smallest absolute Gasteiger partial charge is 0.255 e. The number of likely N-dealkylation sites (tertiary alicyclic amines) is 1. The van der Waals surface area contributed by atoms with E-state index in [0.717, 1.165) is 5.56 Å². The number of hydrogen-bond acceptors (Lipinski definition) is 3. The number of carbonyl (C=O) groups is 1. The number of primary sulfonamides is 1. The van der Waals surface area contributed by atoms with E-state index in [2.05, 4.69) is 15.9 Å². The van der Waals surface area contributed by atoms with Gasteiger partial charge >= 0.3 is 0 Å². The summed E-state index contributed by atoms with van der Waals surface area (Å²) in [7, 11) is -3.60. The van der Waals surface area contributed by atoms with E-state index in [-0.39, 0.29) is 12.5 Å². The van der Waals surface area contributed by atoms with E-state index in [4.69, 9.17) is 5.14 Å². The first-order chi connectivity index (χ1) is 9.29. The average molecular weight is 361 g/mol. The molecule has 5 nitrogen and oxygen atoms in total. The Morgan fingerprint density at radius 1 is 1.45 bits per heavy atom. The standard InChI is InChI=1S/C13H17BrN2O3S/c1-9-4-5-12(14)11(7-9)13(17)16-6-2-3-10(8-16)20(15,18)19/h4-5,7,10H,2-3,6,8H2,1H3,(H2,15,18,19). The van der Waals surface area contributed by atoms with Gasteiger partial charge in [0.15, 0.2) is 0 Å². The highest BCUT2D eigenvalue weighted by Gasteiger charge is 2.31. The third kappa shape index (κ3) is 3.39. The van der Waals surface area contributed by atoms with Gasteiger partial charge < -0.3 is 4.90 Å². The molecule has 1 aliphatic rings. The van der Waals surface area contributed by atoms with Crippen LogP contribution < -0.4 is 5.14 Å². The molecule has 20 heavy (non-hydrogen) atoms. The Morgan fingerprint density at radius 3 is 2.80 bits per heavy atom. The van der Waals surface area contributed by atoms with Crippen LogP contribution in [0.5, 0.6) is 0 Å². The summed E-state index contributed by atoms with van der Waals surface area (Å²) in [5, 5.41) is 4.53. The lowest BCUT2D eigenvalue weighted by Crippen LogP contribution is -2.47. The zero-order valence-corrected chi connectivity index (χ0v) is 13.6. The van der Waals surface area contributed by atoms with Gasteiger partial charge in [-0.05, 0) is 47.8 Å². The molecule has 2 rings (SSSR count). The zero-order chi connectivity index (χ0) is 14.9. The van der Waals surface area contributed by atoms with Crippen LogP contribution in [0.2, 0.25) is 0 Å². The van der Waals surface area contributed by atoms with Crippen molar-refractivity contribution in [3.8, 4) is 0 Å². The fraction of sp³-hybridized carbons (Fsp3) is 0.462. The van der Waals surface area contributed by atoms with Crippen molar-refractivity contribution < 1.29 is 13.2 Å². The number of carbonyl (C=O) groups excluding carboxylic acids is 1. The number of amides is 1. The lowest BCUT2D eigenvalue weighted by atomic mass is 10.1. The predicted octanol–water partition coefficient (Wildman–Crippen LogP) is 1.65. The molecule has 1 aromatic carbocycles. The van der Waals surface area contributed by atoms with Crippen LogP contribution in [0.4, 0.5) is 0 Å². The molecule has 1 aliphatic heterocycles. The van der Waals surface area contributed by atoms with Crippen LogP contribution in [0, 0.1) is 6.92 Å². The van der Waals surface area contributed by atoms with E-state index in [1.807, 2.05) is 19.1 Å². The molecule has 1 aromatic rings. The number of halogens is 1. The van der Waals surface area contributed by atoms with Crippen molar-refractivity contribution in [3.63, 3.8) is 0 Å². The predicted molar refractivity (Wildman–Crippen MR) is 80.9 cm³/mol. The topological polar surface area (TPSA) is 80.5 Å². The summed E-state index contributed by atoms with van der Waals surface area (Å²) in [6, 6.07) is 5.53. The Bertz CT molecular complexity index is 631. The Labute approximate surface area is 127 Å². The fourth-order valence-electron chi connectivity index (χ4n) is 2.36. The molecule has 1 fully saturated rings. The largest absolute Gasteiger partial charge is 0.337 e. The van der Waals surface area contributed by atoms with Gasteiger partial charge in [0, 0.05) is 17.6 Å². The van der Waals surface area contributed by atoms with Crippen LogP contribution in [0.15, 0.2) is 22.7 Å². The number of rotatable bonds is 2. The quantitative estimate of drug-likeness (QED) is 0.870. The van der Waals surface area contributed by atoms with Crippen LogP contribution in [0.25, 0.3) is 0 Å². The van der Waals surface area contributed by atoms with Gasteiger partial charge in [0.05, 0.1) is 10.8 Å². The second-order valence-electron chi connectivity index (χ2n) is 5.09. The van der Waals surface area contributed by atoms with E-state index in [9.17, 15) is 13.2 Å². The lowest BCUT2D eigenvalue weighted by molar-refractivity contribution is 0.0726. The number of hydrogen-bond donors (Lipinski definition) is 1. The minimum Gasteiger partial charge on any atom is -0.337 e. The lowest BCUT2D eigenvalue weighted by Gasteiger charge is -2.31. The first kappa shape index (κ1) is 15.5. The van der Waals surface area contributed by atoms with Crippen LogP contribution in [-0.4, -0.2) is 37.6 Å². The maximum Gasteiger partial charge on any atom is 0.255 e. The minimum absolute atomic E-state index is 0.158. The Kier molecular flexibility index (Phi) is 4.51. The van der Waals surface area contributed by atoms with Crippen molar-refractivity contribution in [3.05, 3.63) is 33.8 Å². The first-order valence-electron chi connectivity index (χ1n) is 6.36. The van der Waals surface area contributed by atoms with Crippen molar-refractivity contribution in [2.75, 3.05) is 13.1 Å². The van der Waals surface area contributed by atoms with Gasteiger partial charge in [0.1, 0.15) is 0 Å². The SMILES string of the molecule is Cc1ccc(Br)c(C(=O)N2CCCC(S(N)(=O)=O)C2)c1. The molecular weight excluding hydrogens is 344 g/mol. The van der Waals surface area contributed by atoms with Crippen molar-refractivity contribution >= 4 is 31.9 Å². The van der Waals surface area contributed by atoms with Gasteiger partial charge in [-0.15, -0.1) is 0 Å². The van der Waals surface area contributed by atoms with E-state index in [1.54, 1.807) is 11.0 Å². The molecule has 0 aliphatic carbocycles. The number of piperidine rings is 1. The third-order valence-electron chi connectivity index (χ3n) is 3.48. The number of nitrogens with two attached hydrogens (primary N) is 1. The normalized spacial score (nSPS) is 19.9. The maximum absolute atomic E-state index is 12.5. The van der Waals surface area contributed by atoms with Gasteiger partial charge in [0.25, 0.3) is 5.91 Å². The number of nitrogens with zero attached hydrogens (tertiary/aromatic N) is 1. The second kappa shape index (κ2) is 5.83. The van der Waals surface area contributed by atoms with E-state index < -0.39 is 15.3 Å². The summed E-state index contributed by atoms with van der Waals surface area (Å²) in [6.45, 7) is 2.63. The van der Waals surface area contributed by atoms with Gasteiger partial charge in [-0.2, -0.15) is 0 Å². The van der Waals surface area contributed by atoms with Crippen LogP contribution >= 0.6 is 15.9 Å². The van der Waals surface area contributed by atoms with Crippen molar-refractivity contribution in [1.29, 1.82) is 0 Å². The van der Waals surface area contributed by atoms with Crippen LogP contribution in [-0.2, 0) is 10.0 Å². The molecule has 0 saturated carbocycles. The molecule has 1 heterocycles. The van der Waals surface area contributed by atoms with Crippen LogP contribution in [0.3, 0.4) is 0 Å². The highest BCUT2D eigenvalue weighted by atomic mass is 79.9. The van der Waals surface area contributed by atoms with E-state index >= 15 is 0 Å². The molecule has 0 spiro atoms. The molecule has 1 amide bonds. The van der Waals surface area contributed by atoms with E-state index in [1.165, 1.54) is 0 Å². The summed E-state index contributed by atoms with van der Waals surface area (Å²) in [4.78, 5) is 14.1. The highest BCUT2D eigenvalue weighted by Crippen LogP contribution is 2.23. The third-order valence-corrected chi connectivity index (χ3v) is 5.49. The molecule has 0 radical (unpaired) electrons. The van der Waals surface area contributed by atoms with Crippen molar-refractivity contribution in [1.82, 2.24) is 4.90 Å². The summed E-state index contributed by atoms with van der Waals surface area (Å²) in [5.41, 5.74) is 1.54. The molecule has 1 atom stereocenters. The summed E-state index contributed by atoms with van der Waals surface area (Å²) >= 11 is 3.36. The van der Waals surface area contributed by atoms with Crippen molar-refractivity contribution in [2.24, 2.45) is 5.14 Å².